The number of hydrogen-bond acceptors (Lipinski definition) is 2. The molecule has 0 aliphatic heterocycles. The Kier molecular flexibility index (Phi) is 3.50. The van der Waals surface area contributed by atoms with Crippen LogP contribution in [0.2, 0.25) is 5.15 Å². The van der Waals surface area contributed by atoms with E-state index in [4.69, 9.17) is 16.9 Å². The topological polar surface area (TPSA) is 41.6 Å². The van der Waals surface area contributed by atoms with Crippen LogP contribution in [0.15, 0.2) is 0 Å². The molecule has 3 nitrogen and oxygen atoms in total. The summed E-state index contributed by atoms with van der Waals surface area (Å²) in [6, 6.07) is 2.20. The molecule has 4 heteroatoms. The van der Waals surface area contributed by atoms with Gasteiger partial charge in [-0.3, -0.25) is 4.68 Å². The Hall–Kier alpha value is -1.01. The van der Waals surface area contributed by atoms with E-state index in [9.17, 15) is 0 Å². The maximum absolute atomic E-state index is 9.15. The summed E-state index contributed by atoms with van der Waals surface area (Å²) < 4.78 is 1.77. The van der Waals surface area contributed by atoms with Gasteiger partial charge in [0.15, 0.2) is 0 Å². The Balaban J connectivity index is 2.36. The molecule has 1 aliphatic carbocycles. The van der Waals surface area contributed by atoms with E-state index < -0.39 is 0 Å². The zero-order valence-corrected chi connectivity index (χ0v) is 10.3. The highest BCUT2D eigenvalue weighted by molar-refractivity contribution is 6.30. The van der Waals surface area contributed by atoms with Crippen LogP contribution in [0, 0.1) is 11.3 Å². The molecule has 0 aromatic carbocycles. The molecule has 1 aromatic rings. The van der Waals surface area contributed by atoms with E-state index in [-0.39, 0.29) is 0 Å². The zero-order valence-electron chi connectivity index (χ0n) is 9.54. The molecule has 0 spiro atoms. The van der Waals surface area contributed by atoms with Crippen molar-refractivity contribution >= 4 is 11.6 Å². The van der Waals surface area contributed by atoms with Crippen LogP contribution >= 0.6 is 11.6 Å². The second kappa shape index (κ2) is 4.88. The zero-order chi connectivity index (χ0) is 11.5. The number of rotatable bonds is 3. The van der Waals surface area contributed by atoms with Crippen LogP contribution in [-0.4, -0.2) is 9.78 Å². The maximum atomic E-state index is 9.15. The molecular weight excluding hydrogens is 222 g/mol. The largest absolute Gasteiger partial charge is 0.252 e. The predicted octanol–water partition coefficient (Wildman–Crippen LogP) is 3.48. The summed E-state index contributed by atoms with van der Waals surface area (Å²) in [7, 11) is 0. The van der Waals surface area contributed by atoms with Gasteiger partial charge < -0.3 is 0 Å². The Morgan fingerprint density at radius 2 is 2.19 bits per heavy atom. The summed E-state index contributed by atoms with van der Waals surface area (Å²) in [6.07, 6.45) is 5.76. The fourth-order valence-corrected chi connectivity index (χ4v) is 2.67. The Labute approximate surface area is 101 Å². The highest BCUT2D eigenvalue weighted by atomic mass is 35.5. The molecule has 16 heavy (non-hydrogen) atoms. The van der Waals surface area contributed by atoms with Crippen LogP contribution < -0.4 is 0 Å². The van der Waals surface area contributed by atoms with E-state index in [2.05, 4.69) is 18.1 Å². The summed E-state index contributed by atoms with van der Waals surface area (Å²) in [5, 5.41) is 14.2. The van der Waals surface area contributed by atoms with Crippen molar-refractivity contribution in [1.82, 2.24) is 9.78 Å². The molecule has 1 heterocycles. The second-order valence-electron chi connectivity index (χ2n) is 4.37. The van der Waals surface area contributed by atoms with Gasteiger partial charge in [0.25, 0.3) is 0 Å². The summed E-state index contributed by atoms with van der Waals surface area (Å²) in [4.78, 5) is 0. The van der Waals surface area contributed by atoms with Crippen molar-refractivity contribution in [3.63, 3.8) is 0 Å². The van der Waals surface area contributed by atoms with Crippen molar-refractivity contribution in [3.8, 4) is 6.07 Å². The average Bonchev–Trinajstić information content (AvgIpc) is 2.88. The van der Waals surface area contributed by atoms with Crippen molar-refractivity contribution in [2.24, 2.45) is 0 Å². The molecule has 1 fully saturated rings. The third-order valence-electron chi connectivity index (χ3n) is 3.21. The molecule has 0 saturated heterocycles. The van der Waals surface area contributed by atoms with E-state index in [1.165, 1.54) is 12.8 Å². The number of nitriles is 1. The fourth-order valence-electron chi connectivity index (χ4n) is 2.41. The average molecular weight is 238 g/mol. The minimum absolute atomic E-state index is 0.449. The summed E-state index contributed by atoms with van der Waals surface area (Å²) in [6.45, 7) is 2.87. The van der Waals surface area contributed by atoms with Crippen LogP contribution in [0.25, 0.3) is 0 Å². The lowest BCUT2D eigenvalue weighted by Gasteiger charge is -2.04. The minimum Gasteiger partial charge on any atom is -0.252 e. The standard InChI is InChI=1S/C12H16ClN3/c1-2-7-16-12(13)10(8-14)11(15-16)9-5-3-4-6-9/h9H,2-7H2,1H3. The van der Waals surface area contributed by atoms with Gasteiger partial charge in [0.2, 0.25) is 0 Å². The molecule has 0 bridgehead atoms. The Morgan fingerprint density at radius 1 is 1.50 bits per heavy atom. The van der Waals surface area contributed by atoms with E-state index in [1.54, 1.807) is 4.68 Å². The molecule has 0 atom stereocenters. The lowest BCUT2D eigenvalue weighted by molar-refractivity contribution is 0.578. The summed E-state index contributed by atoms with van der Waals surface area (Å²) in [5.41, 5.74) is 1.53. The number of nitrogens with zero attached hydrogens (tertiary/aromatic N) is 3. The van der Waals surface area contributed by atoms with Crippen LogP contribution in [0.5, 0.6) is 0 Å². The van der Waals surface area contributed by atoms with E-state index in [0.29, 0.717) is 16.6 Å². The highest BCUT2D eigenvalue weighted by Gasteiger charge is 2.25. The molecule has 1 aliphatic rings. The lowest BCUT2D eigenvalue weighted by atomic mass is 10.0. The van der Waals surface area contributed by atoms with Crippen molar-refractivity contribution < 1.29 is 0 Å². The molecular formula is C12H16ClN3. The maximum Gasteiger partial charge on any atom is 0.145 e. The summed E-state index contributed by atoms with van der Waals surface area (Å²) in [5.74, 6) is 0.449. The quantitative estimate of drug-likeness (QED) is 0.808. The van der Waals surface area contributed by atoms with Gasteiger partial charge in [0.05, 0.1) is 5.69 Å². The van der Waals surface area contributed by atoms with E-state index in [0.717, 1.165) is 31.5 Å². The monoisotopic (exact) mass is 237 g/mol. The number of aromatic nitrogens is 2. The first kappa shape index (κ1) is 11.5. The van der Waals surface area contributed by atoms with Crippen LogP contribution in [-0.2, 0) is 6.54 Å². The Bertz CT molecular complexity index is 411. The van der Waals surface area contributed by atoms with Crippen molar-refractivity contribution in [3.05, 3.63) is 16.4 Å². The molecule has 0 unspecified atom stereocenters. The van der Waals surface area contributed by atoms with Crippen molar-refractivity contribution in [1.29, 1.82) is 5.26 Å². The number of aryl methyl sites for hydroxylation is 1. The van der Waals surface area contributed by atoms with Gasteiger partial charge in [-0.2, -0.15) is 10.4 Å². The Morgan fingerprint density at radius 3 is 2.75 bits per heavy atom. The lowest BCUT2D eigenvalue weighted by Crippen LogP contribution is -2.01. The van der Waals surface area contributed by atoms with Crippen molar-refractivity contribution in [2.45, 2.75) is 51.5 Å². The van der Waals surface area contributed by atoms with Crippen LogP contribution in [0.3, 0.4) is 0 Å². The molecule has 1 saturated carbocycles. The van der Waals surface area contributed by atoms with Gasteiger partial charge in [-0.15, -0.1) is 0 Å². The van der Waals surface area contributed by atoms with Crippen molar-refractivity contribution in [2.75, 3.05) is 0 Å². The second-order valence-corrected chi connectivity index (χ2v) is 4.73. The predicted molar refractivity (Wildman–Crippen MR) is 63.5 cm³/mol. The van der Waals surface area contributed by atoms with Crippen LogP contribution in [0.1, 0.15) is 56.2 Å². The normalized spacial score (nSPS) is 16.6. The van der Waals surface area contributed by atoms with E-state index >= 15 is 0 Å². The molecule has 0 N–H and O–H groups in total. The summed E-state index contributed by atoms with van der Waals surface area (Å²) >= 11 is 6.16. The fraction of sp³-hybridized carbons (Fsp3) is 0.667. The minimum atomic E-state index is 0.449. The van der Waals surface area contributed by atoms with Crippen LogP contribution in [0.4, 0.5) is 0 Å². The number of halogens is 1. The molecule has 1 aromatic heterocycles. The molecule has 86 valence electrons. The van der Waals surface area contributed by atoms with Gasteiger partial charge >= 0.3 is 0 Å². The third-order valence-corrected chi connectivity index (χ3v) is 3.59. The van der Waals surface area contributed by atoms with Gasteiger partial charge in [0, 0.05) is 12.5 Å². The van der Waals surface area contributed by atoms with Gasteiger partial charge in [0.1, 0.15) is 16.8 Å². The number of hydrogen-bond donors (Lipinski definition) is 0. The van der Waals surface area contributed by atoms with Gasteiger partial charge in [-0.1, -0.05) is 31.4 Å². The SMILES string of the molecule is CCCn1nc(C2CCCC2)c(C#N)c1Cl. The first-order chi connectivity index (χ1) is 7.77. The first-order valence-electron chi connectivity index (χ1n) is 5.94. The van der Waals surface area contributed by atoms with Gasteiger partial charge in [-0.05, 0) is 19.3 Å². The van der Waals surface area contributed by atoms with Gasteiger partial charge in [-0.25, -0.2) is 0 Å². The molecule has 0 radical (unpaired) electrons. The smallest absolute Gasteiger partial charge is 0.145 e. The molecule has 0 amide bonds. The molecule has 2 rings (SSSR count). The third kappa shape index (κ3) is 1.94. The van der Waals surface area contributed by atoms with E-state index in [1.807, 2.05) is 0 Å². The highest BCUT2D eigenvalue weighted by Crippen LogP contribution is 2.36. The first-order valence-corrected chi connectivity index (χ1v) is 6.32.